The Balaban J connectivity index is 2.05. The molecule has 1 aliphatic rings. The van der Waals surface area contributed by atoms with Gasteiger partial charge in [-0.2, -0.15) is 0 Å². The third-order valence-electron chi connectivity index (χ3n) is 3.27. The topological polar surface area (TPSA) is 95.5 Å². The smallest absolute Gasteiger partial charge is 0.258 e. The lowest BCUT2D eigenvalue weighted by Gasteiger charge is -2.26. The van der Waals surface area contributed by atoms with Gasteiger partial charge >= 0.3 is 0 Å². The standard InChI is InChI=1S/C13H13N3O4/c17-10-6-8(13(19)16-1-3-20-4-2-16)5-9-11(10)14-7-15-12(9)18/h5-7,17H,1-4H2,(H,14,15,18). The van der Waals surface area contributed by atoms with Crippen LogP contribution in [0, 0.1) is 0 Å². The largest absolute Gasteiger partial charge is 0.506 e. The highest BCUT2D eigenvalue weighted by atomic mass is 16.5. The minimum Gasteiger partial charge on any atom is -0.506 e. The zero-order chi connectivity index (χ0) is 14.1. The van der Waals surface area contributed by atoms with Crippen molar-refractivity contribution in [2.24, 2.45) is 0 Å². The van der Waals surface area contributed by atoms with Gasteiger partial charge < -0.3 is 19.7 Å². The number of hydrogen-bond donors (Lipinski definition) is 2. The molecule has 1 fully saturated rings. The number of aromatic hydroxyl groups is 1. The van der Waals surface area contributed by atoms with Crippen molar-refractivity contribution in [1.82, 2.24) is 14.9 Å². The van der Waals surface area contributed by atoms with E-state index >= 15 is 0 Å². The monoisotopic (exact) mass is 275 g/mol. The van der Waals surface area contributed by atoms with Crippen LogP contribution in [-0.2, 0) is 4.74 Å². The first-order chi connectivity index (χ1) is 9.66. The van der Waals surface area contributed by atoms with E-state index in [1.54, 1.807) is 4.90 Å². The number of aromatic nitrogens is 2. The molecule has 1 aliphatic heterocycles. The maximum Gasteiger partial charge on any atom is 0.258 e. The fourth-order valence-corrected chi connectivity index (χ4v) is 2.23. The Kier molecular flexibility index (Phi) is 3.11. The van der Waals surface area contributed by atoms with Crippen molar-refractivity contribution < 1.29 is 14.6 Å². The number of amides is 1. The summed E-state index contributed by atoms with van der Waals surface area (Å²) in [4.78, 5) is 32.0. The molecule has 3 rings (SSSR count). The number of hydrogen-bond acceptors (Lipinski definition) is 5. The summed E-state index contributed by atoms with van der Waals surface area (Å²) in [5, 5.41) is 10.1. The predicted molar refractivity (Wildman–Crippen MR) is 70.8 cm³/mol. The molecule has 0 radical (unpaired) electrons. The zero-order valence-electron chi connectivity index (χ0n) is 10.6. The Morgan fingerprint density at radius 1 is 1.35 bits per heavy atom. The molecule has 1 aromatic carbocycles. The van der Waals surface area contributed by atoms with Crippen molar-refractivity contribution in [3.8, 4) is 5.75 Å². The zero-order valence-corrected chi connectivity index (χ0v) is 10.6. The van der Waals surface area contributed by atoms with Gasteiger partial charge in [-0.05, 0) is 12.1 Å². The molecule has 0 saturated carbocycles. The highest BCUT2D eigenvalue weighted by molar-refractivity contribution is 5.99. The molecule has 0 atom stereocenters. The number of phenols is 1. The van der Waals surface area contributed by atoms with Gasteiger partial charge in [0.15, 0.2) is 0 Å². The number of nitrogens with one attached hydrogen (secondary N) is 1. The van der Waals surface area contributed by atoms with Gasteiger partial charge in [-0.1, -0.05) is 0 Å². The Bertz CT molecular complexity index is 719. The Labute approximate surface area is 113 Å². The molecular formula is C13H13N3O4. The van der Waals surface area contributed by atoms with E-state index in [-0.39, 0.29) is 33.7 Å². The van der Waals surface area contributed by atoms with Crippen LogP contribution in [-0.4, -0.2) is 52.2 Å². The minimum absolute atomic E-state index is 0.176. The molecule has 1 amide bonds. The Morgan fingerprint density at radius 3 is 2.85 bits per heavy atom. The van der Waals surface area contributed by atoms with Crippen molar-refractivity contribution in [3.63, 3.8) is 0 Å². The van der Waals surface area contributed by atoms with Crippen LogP contribution in [0.4, 0.5) is 0 Å². The first-order valence-corrected chi connectivity index (χ1v) is 6.24. The average molecular weight is 275 g/mol. The van der Waals surface area contributed by atoms with Crippen LogP contribution in [0.1, 0.15) is 10.4 Å². The first kappa shape index (κ1) is 12.6. The van der Waals surface area contributed by atoms with Gasteiger partial charge in [-0.25, -0.2) is 4.98 Å². The lowest BCUT2D eigenvalue weighted by Crippen LogP contribution is -2.40. The SMILES string of the molecule is O=C(c1cc(O)c2nc[nH]c(=O)c2c1)N1CCOCC1. The maximum atomic E-state index is 12.3. The van der Waals surface area contributed by atoms with Crippen LogP contribution in [0.15, 0.2) is 23.3 Å². The van der Waals surface area contributed by atoms with Gasteiger partial charge in [-0.3, -0.25) is 9.59 Å². The number of H-pyrrole nitrogens is 1. The molecule has 104 valence electrons. The van der Waals surface area contributed by atoms with Crippen LogP contribution in [0.3, 0.4) is 0 Å². The molecule has 0 spiro atoms. The quantitative estimate of drug-likeness (QED) is 0.769. The Morgan fingerprint density at radius 2 is 2.10 bits per heavy atom. The lowest BCUT2D eigenvalue weighted by atomic mass is 10.1. The molecule has 2 heterocycles. The number of phenolic OH excluding ortho intramolecular Hbond substituents is 1. The summed E-state index contributed by atoms with van der Waals surface area (Å²) < 4.78 is 5.19. The third-order valence-corrected chi connectivity index (χ3v) is 3.27. The number of nitrogens with zero attached hydrogens (tertiary/aromatic N) is 2. The van der Waals surface area contributed by atoms with Gasteiger partial charge in [-0.15, -0.1) is 0 Å². The number of aromatic amines is 1. The number of ether oxygens (including phenoxy) is 1. The number of rotatable bonds is 1. The second-order valence-corrected chi connectivity index (χ2v) is 4.53. The summed E-state index contributed by atoms with van der Waals surface area (Å²) in [5.74, 6) is -0.404. The van der Waals surface area contributed by atoms with E-state index in [1.165, 1.54) is 18.5 Å². The first-order valence-electron chi connectivity index (χ1n) is 6.24. The van der Waals surface area contributed by atoms with E-state index < -0.39 is 0 Å². The van der Waals surface area contributed by atoms with E-state index in [9.17, 15) is 14.7 Å². The molecule has 0 bridgehead atoms. The van der Waals surface area contributed by atoms with Crippen molar-refractivity contribution in [2.45, 2.75) is 0 Å². The predicted octanol–water partition coefficient (Wildman–Crippen LogP) is 0.101. The molecule has 2 N–H and O–H groups in total. The number of morpholine rings is 1. The van der Waals surface area contributed by atoms with Crippen LogP contribution in [0.5, 0.6) is 5.75 Å². The summed E-state index contributed by atoms with van der Waals surface area (Å²) in [6.45, 7) is 1.99. The van der Waals surface area contributed by atoms with Gasteiger partial charge in [0.2, 0.25) is 0 Å². The fraction of sp³-hybridized carbons (Fsp3) is 0.308. The fourth-order valence-electron chi connectivity index (χ4n) is 2.23. The third kappa shape index (κ3) is 2.12. The number of carbonyl (C=O) groups is 1. The molecule has 20 heavy (non-hydrogen) atoms. The normalized spacial score (nSPS) is 15.5. The van der Waals surface area contributed by atoms with Gasteiger partial charge in [0.25, 0.3) is 11.5 Å². The second-order valence-electron chi connectivity index (χ2n) is 4.53. The molecular weight excluding hydrogens is 262 g/mol. The van der Waals surface area contributed by atoms with E-state index in [2.05, 4.69) is 9.97 Å². The Hall–Kier alpha value is -2.41. The van der Waals surface area contributed by atoms with Crippen molar-refractivity contribution in [3.05, 3.63) is 34.4 Å². The van der Waals surface area contributed by atoms with E-state index in [0.717, 1.165) is 0 Å². The molecule has 2 aromatic rings. The van der Waals surface area contributed by atoms with E-state index in [4.69, 9.17) is 4.74 Å². The van der Waals surface area contributed by atoms with Gasteiger partial charge in [0.05, 0.1) is 24.9 Å². The number of fused-ring (bicyclic) bond motifs is 1. The number of benzene rings is 1. The molecule has 0 unspecified atom stereocenters. The highest BCUT2D eigenvalue weighted by Crippen LogP contribution is 2.23. The summed E-state index contributed by atoms with van der Waals surface area (Å²) in [6.07, 6.45) is 1.22. The summed E-state index contributed by atoms with van der Waals surface area (Å²) in [5.41, 5.74) is 0.0737. The highest BCUT2D eigenvalue weighted by Gasteiger charge is 2.20. The van der Waals surface area contributed by atoms with Crippen LogP contribution >= 0.6 is 0 Å². The molecule has 7 heteroatoms. The van der Waals surface area contributed by atoms with Crippen molar-refractivity contribution in [2.75, 3.05) is 26.3 Å². The number of carbonyl (C=O) groups excluding carboxylic acids is 1. The van der Waals surface area contributed by atoms with E-state index in [0.29, 0.717) is 26.3 Å². The molecule has 0 aliphatic carbocycles. The molecule has 1 saturated heterocycles. The van der Waals surface area contributed by atoms with Gasteiger partial charge in [0.1, 0.15) is 11.3 Å². The summed E-state index contributed by atoms with van der Waals surface area (Å²) in [7, 11) is 0. The summed E-state index contributed by atoms with van der Waals surface area (Å²) in [6, 6.07) is 2.80. The van der Waals surface area contributed by atoms with E-state index in [1.807, 2.05) is 0 Å². The molecule has 1 aromatic heterocycles. The van der Waals surface area contributed by atoms with Crippen LogP contribution < -0.4 is 5.56 Å². The van der Waals surface area contributed by atoms with Crippen LogP contribution in [0.2, 0.25) is 0 Å². The van der Waals surface area contributed by atoms with Crippen molar-refractivity contribution in [1.29, 1.82) is 0 Å². The molecule has 7 nitrogen and oxygen atoms in total. The average Bonchev–Trinajstić information content (AvgIpc) is 2.48. The van der Waals surface area contributed by atoms with Crippen LogP contribution in [0.25, 0.3) is 10.9 Å². The lowest BCUT2D eigenvalue weighted by molar-refractivity contribution is 0.0303. The van der Waals surface area contributed by atoms with Gasteiger partial charge in [0, 0.05) is 18.7 Å². The minimum atomic E-state index is -0.387. The second kappa shape index (κ2) is 4.93. The maximum absolute atomic E-state index is 12.3. The van der Waals surface area contributed by atoms with Crippen molar-refractivity contribution >= 4 is 16.8 Å². The summed E-state index contributed by atoms with van der Waals surface area (Å²) >= 11 is 0.